The predicted molar refractivity (Wildman–Crippen MR) is 118 cm³/mol. The number of carbonyl (C=O) groups excluding carboxylic acids is 3. The van der Waals surface area contributed by atoms with Crippen molar-refractivity contribution in [2.24, 2.45) is 11.1 Å². The summed E-state index contributed by atoms with van der Waals surface area (Å²) in [5.41, 5.74) is 3.10. The van der Waals surface area contributed by atoms with Crippen LogP contribution in [0.25, 0.3) is 0 Å². The number of anilines is 2. The van der Waals surface area contributed by atoms with Gasteiger partial charge in [-0.15, -0.1) is 0 Å². The lowest BCUT2D eigenvalue weighted by Gasteiger charge is -2.20. The van der Waals surface area contributed by atoms with Gasteiger partial charge in [0.2, 0.25) is 15.9 Å². The number of hydrogen-bond donors (Lipinski definition) is 2. The van der Waals surface area contributed by atoms with Crippen molar-refractivity contribution in [2.45, 2.75) is 38.2 Å². The maximum Gasteiger partial charge on any atom is 0.312 e. The molecular formula is C22H25N3O6S. The number of hydrogen-bond acceptors (Lipinski definition) is 6. The Balaban J connectivity index is 1.60. The molecule has 2 amide bonds. The molecule has 0 spiro atoms. The molecule has 3 rings (SSSR count). The van der Waals surface area contributed by atoms with Gasteiger partial charge < -0.3 is 15.0 Å². The van der Waals surface area contributed by atoms with Gasteiger partial charge in [0.1, 0.15) is 0 Å². The maximum atomic E-state index is 12.6. The van der Waals surface area contributed by atoms with Crippen LogP contribution in [-0.2, 0) is 29.1 Å². The van der Waals surface area contributed by atoms with Crippen LogP contribution in [0.3, 0.4) is 0 Å². The molecule has 1 aliphatic heterocycles. The molecule has 32 heavy (non-hydrogen) atoms. The highest BCUT2D eigenvalue weighted by molar-refractivity contribution is 7.89. The van der Waals surface area contributed by atoms with Crippen LogP contribution in [0.2, 0.25) is 0 Å². The molecule has 1 fully saturated rings. The highest BCUT2D eigenvalue weighted by Gasteiger charge is 2.37. The lowest BCUT2D eigenvalue weighted by molar-refractivity contribution is -0.157. The minimum absolute atomic E-state index is 0.00950. The highest BCUT2D eigenvalue weighted by atomic mass is 32.2. The zero-order valence-electron chi connectivity index (χ0n) is 18.0. The summed E-state index contributed by atoms with van der Waals surface area (Å²) in [5, 5.41) is 7.59. The predicted octanol–water partition coefficient (Wildman–Crippen LogP) is 1.87. The first-order valence-corrected chi connectivity index (χ1v) is 11.5. The lowest BCUT2D eigenvalue weighted by atomic mass is 10.1. The van der Waals surface area contributed by atoms with Crippen molar-refractivity contribution in [3.8, 4) is 0 Å². The zero-order valence-corrected chi connectivity index (χ0v) is 18.8. The Labute approximate surface area is 186 Å². The number of primary sulfonamides is 1. The van der Waals surface area contributed by atoms with Gasteiger partial charge in [0.15, 0.2) is 6.10 Å². The van der Waals surface area contributed by atoms with Gasteiger partial charge in [-0.2, -0.15) is 0 Å². The Bertz CT molecular complexity index is 1160. The van der Waals surface area contributed by atoms with E-state index >= 15 is 0 Å². The molecule has 2 atom stereocenters. The molecule has 9 nitrogen and oxygen atoms in total. The van der Waals surface area contributed by atoms with Crippen LogP contribution >= 0.6 is 0 Å². The molecular weight excluding hydrogens is 434 g/mol. The summed E-state index contributed by atoms with van der Waals surface area (Å²) in [6.07, 6.45) is -1.10. The molecule has 0 saturated carbocycles. The summed E-state index contributed by atoms with van der Waals surface area (Å²) in [5.74, 6) is -2.06. The number of amides is 2. The van der Waals surface area contributed by atoms with Gasteiger partial charge in [0, 0.05) is 24.3 Å². The van der Waals surface area contributed by atoms with E-state index in [1.807, 2.05) is 32.0 Å². The number of sulfonamides is 1. The number of esters is 1. The van der Waals surface area contributed by atoms with E-state index in [1.54, 1.807) is 4.90 Å². The molecule has 0 aromatic heterocycles. The fourth-order valence-corrected chi connectivity index (χ4v) is 3.94. The minimum Gasteiger partial charge on any atom is -0.452 e. The van der Waals surface area contributed by atoms with E-state index in [2.05, 4.69) is 5.32 Å². The van der Waals surface area contributed by atoms with Crippen molar-refractivity contribution in [3.05, 3.63) is 53.6 Å². The Morgan fingerprint density at radius 1 is 1.16 bits per heavy atom. The average molecular weight is 460 g/mol. The van der Waals surface area contributed by atoms with Crippen molar-refractivity contribution in [1.82, 2.24) is 0 Å². The molecule has 0 radical (unpaired) electrons. The second-order valence-corrected chi connectivity index (χ2v) is 9.32. The minimum atomic E-state index is -3.84. The first-order valence-electron chi connectivity index (χ1n) is 9.98. The standard InChI is InChI=1S/C22H25N3O6S/c1-13-5-4-6-19(14(13)2)25-12-16(11-20(25)26)22(28)31-15(3)21(27)24-17-7-9-18(10-8-17)32(23,29)30/h4-10,15-16H,11-12H2,1-3H3,(H,24,27)(H2,23,29,30)/t15-,16+/m1/s1. The molecule has 3 N–H and O–H groups in total. The van der Waals surface area contributed by atoms with Crippen LogP contribution < -0.4 is 15.4 Å². The third-order valence-electron chi connectivity index (χ3n) is 5.44. The monoisotopic (exact) mass is 459 g/mol. The van der Waals surface area contributed by atoms with E-state index in [4.69, 9.17) is 9.88 Å². The normalized spacial score (nSPS) is 17.2. The van der Waals surface area contributed by atoms with Gasteiger partial charge in [-0.3, -0.25) is 14.4 Å². The van der Waals surface area contributed by atoms with Crippen LogP contribution in [-0.4, -0.2) is 38.9 Å². The van der Waals surface area contributed by atoms with Gasteiger partial charge in [-0.25, -0.2) is 13.6 Å². The summed E-state index contributed by atoms with van der Waals surface area (Å²) >= 11 is 0. The number of benzene rings is 2. The fourth-order valence-electron chi connectivity index (χ4n) is 3.42. The largest absolute Gasteiger partial charge is 0.452 e. The van der Waals surface area contributed by atoms with E-state index in [0.29, 0.717) is 5.69 Å². The Hall–Kier alpha value is -3.24. The smallest absolute Gasteiger partial charge is 0.312 e. The van der Waals surface area contributed by atoms with E-state index < -0.39 is 33.9 Å². The molecule has 0 unspecified atom stereocenters. The van der Waals surface area contributed by atoms with Crippen molar-refractivity contribution in [1.29, 1.82) is 0 Å². The molecule has 0 aliphatic carbocycles. The third kappa shape index (κ3) is 5.14. The SMILES string of the molecule is Cc1cccc(N2C[C@@H](C(=O)O[C@H](C)C(=O)Nc3ccc(S(N)(=O)=O)cc3)CC2=O)c1C. The summed E-state index contributed by atoms with van der Waals surface area (Å²) in [4.78, 5) is 38.9. The first-order chi connectivity index (χ1) is 15.0. The van der Waals surface area contributed by atoms with Crippen molar-refractivity contribution in [2.75, 3.05) is 16.8 Å². The molecule has 1 saturated heterocycles. The summed E-state index contributed by atoms with van der Waals surface area (Å²) in [7, 11) is -3.84. The number of aryl methyl sites for hydroxylation is 1. The molecule has 2 aromatic rings. The molecule has 170 valence electrons. The Morgan fingerprint density at radius 3 is 2.44 bits per heavy atom. The van der Waals surface area contributed by atoms with Crippen molar-refractivity contribution >= 4 is 39.2 Å². The number of ether oxygens (including phenoxy) is 1. The van der Waals surface area contributed by atoms with Gasteiger partial charge in [-0.1, -0.05) is 12.1 Å². The molecule has 0 bridgehead atoms. The zero-order chi connectivity index (χ0) is 23.6. The van der Waals surface area contributed by atoms with E-state index in [9.17, 15) is 22.8 Å². The second kappa shape index (κ2) is 9.09. The number of nitrogens with two attached hydrogens (primary N) is 1. The van der Waals surface area contributed by atoms with Crippen molar-refractivity contribution in [3.63, 3.8) is 0 Å². The number of rotatable bonds is 6. The Kier molecular flexibility index (Phi) is 6.65. The number of carbonyl (C=O) groups is 3. The van der Waals surface area contributed by atoms with E-state index in [0.717, 1.165) is 16.8 Å². The lowest BCUT2D eigenvalue weighted by Crippen LogP contribution is -2.33. The van der Waals surface area contributed by atoms with E-state index in [1.165, 1.54) is 31.2 Å². The third-order valence-corrected chi connectivity index (χ3v) is 6.37. The van der Waals surface area contributed by atoms with Gasteiger partial charge in [0.05, 0.1) is 10.8 Å². The van der Waals surface area contributed by atoms with Crippen LogP contribution in [0.5, 0.6) is 0 Å². The molecule has 1 heterocycles. The van der Waals surface area contributed by atoms with Crippen LogP contribution in [0.1, 0.15) is 24.5 Å². The molecule has 10 heteroatoms. The first kappa shape index (κ1) is 23.4. The van der Waals surface area contributed by atoms with Crippen LogP contribution in [0, 0.1) is 19.8 Å². The number of nitrogens with zero attached hydrogens (tertiary/aromatic N) is 1. The van der Waals surface area contributed by atoms with E-state index in [-0.39, 0.29) is 23.8 Å². The number of nitrogens with one attached hydrogen (secondary N) is 1. The quantitative estimate of drug-likeness (QED) is 0.633. The van der Waals surface area contributed by atoms with Gasteiger partial charge in [-0.05, 0) is 62.2 Å². The second-order valence-electron chi connectivity index (χ2n) is 7.76. The summed E-state index contributed by atoms with van der Waals surface area (Å²) in [6, 6.07) is 10.9. The Morgan fingerprint density at radius 2 is 1.81 bits per heavy atom. The van der Waals surface area contributed by atoms with Gasteiger partial charge >= 0.3 is 5.97 Å². The highest BCUT2D eigenvalue weighted by Crippen LogP contribution is 2.30. The molecule has 1 aliphatic rings. The fraction of sp³-hybridized carbons (Fsp3) is 0.318. The van der Waals surface area contributed by atoms with Crippen molar-refractivity contribution < 1.29 is 27.5 Å². The topological polar surface area (TPSA) is 136 Å². The van der Waals surface area contributed by atoms with Crippen LogP contribution in [0.15, 0.2) is 47.4 Å². The summed E-state index contributed by atoms with van der Waals surface area (Å²) in [6.45, 7) is 5.48. The average Bonchev–Trinajstić information content (AvgIpc) is 3.11. The maximum absolute atomic E-state index is 12.6. The van der Waals surface area contributed by atoms with Crippen LogP contribution in [0.4, 0.5) is 11.4 Å². The molecule has 2 aromatic carbocycles. The summed E-state index contributed by atoms with van der Waals surface area (Å²) < 4.78 is 27.9. The van der Waals surface area contributed by atoms with Gasteiger partial charge in [0.25, 0.3) is 5.91 Å².